The molecule has 0 aliphatic heterocycles. The van der Waals surface area contributed by atoms with Crippen LogP contribution in [0.3, 0.4) is 0 Å². The predicted octanol–water partition coefficient (Wildman–Crippen LogP) is 2.83. The van der Waals surface area contributed by atoms with Crippen LogP contribution in [0.5, 0.6) is 11.5 Å². The van der Waals surface area contributed by atoms with Gasteiger partial charge in [0.05, 0.1) is 11.2 Å². The Labute approximate surface area is 123 Å². The van der Waals surface area contributed by atoms with E-state index >= 15 is 0 Å². The summed E-state index contributed by atoms with van der Waals surface area (Å²) >= 11 is 11.7. The third kappa shape index (κ3) is 3.49. The molecule has 104 valence electrons. The lowest BCUT2D eigenvalue weighted by molar-refractivity contribution is -0.114. The topological polar surface area (TPSA) is 84.1 Å². The predicted molar refractivity (Wildman–Crippen MR) is 75.7 cm³/mol. The van der Waals surface area contributed by atoms with Crippen LogP contribution in [0, 0.1) is 0 Å². The Hall–Kier alpha value is -2.05. The largest absolute Gasteiger partial charge is 0.448 e. The van der Waals surface area contributed by atoms with Crippen molar-refractivity contribution in [1.29, 1.82) is 0 Å². The molecule has 8 heteroatoms. The first-order valence-electron chi connectivity index (χ1n) is 5.45. The van der Waals surface area contributed by atoms with Gasteiger partial charge in [0.25, 0.3) is 5.56 Å². The standard InChI is InChI=1S/C12H9Cl2N3O3/c1-6(18)16-12-15-5-10(11(19)17-12)20-9-3-2-7(13)4-8(9)14/h2-5H,1H3,(H2,15,16,17,18,19). The molecule has 1 heterocycles. The van der Waals surface area contributed by atoms with Crippen molar-refractivity contribution in [2.24, 2.45) is 0 Å². The van der Waals surface area contributed by atoms with Gasteiger partial charge in [-0.1, -0.05) is 23.2 Å². The summed E-state index contributed by atoms with van der Waals surface area (Å²) in [5.74, 6) is -0.0846. The number of aromatic amines is 1. The van der Waals surface area contributed by atoms with Gasteiger partial charge >= 0.3 is 0 Å². The first-order chi connectivity index (χ1) is 9.45. The second-order valence-corrected chi connectivity index (χ2v) is 4.63. The van der Waals surface area contributed by atoms with Gasteiger partial charge in [0.15, 0.2) is 0 Å². The van der Waals surface area contributed by atoms with E-state index in [1.807, 2.05) is 0 Å². The maximum absolute atomic E-state index is 11.8. The Morgan fingerprint density at radius 2 is 2.10 bits per heavy atom. The van der Waals surface area contributed by atoms with Crippen LogP contribution in [0.2, 0.25) is 10.0 Å². The minimum absolute atomic E-state index is 0.0389. The Bertz CT molecular complexity index is 715. The third-order valence-corrected chi connectivity index (χ3v) is 2.71. The summed E-state index contributed by atoms with van der Waals surface area (Å²) in [5, 5.41) is 3.07. The summed E-state index contributed by atoms with van der Waals surface area (Å²) in [6, 6.07) is 4.60. The SMILES string of the molecule is CC(=O)Nc1ncc(Oc2ccc(Cl)cc2Cl)c(=O)[nH]1. The molecule has 0 bridgehead atoms. The first-order valence-corrected chi connectivity index (χ1v) is 6.21. The van der Waals surface area contributed by atoms with E-state index in [1.54, 1.807) is 6.07 Å². The van der Waals surface area contributed by atoms with E-state index in [4.69, 9.17) is 27.9 Å². The fourth-order valence-corrected chi connectivity index (χ4v) is 1.81. The lowest BCUT2D eigenvalue weighted by Gasteiger charge is -2.07. The molecule has 0 unspecified atom stereocenters. The van der Waals surface area contributed by atoms with E-state index in [0.29, 0.717) is 5.02 Å². The molecule has 0 spiro atoms. The third-order valence-electron chi connectivity index (χ3n) is 2.17. The van der Waals surface area contributed by atoms with Crippen molar-refractivity contribution in [3.8, 4) is 11.5 Å². The Balaban J connectivity index is 2.26. The number of hydrogen-bond donors (Lipinski definition) is 2. The fourth-order valence-electron chi connectivity index (χ4n) is 1.36. The van der Waals surface area contributed by atoms with Gasteiger partial charge < -0.3 is 4.74 Å². The highest BCUT2D eigenvalue weighted by Gasteiger charge is 2.09. The molecule has 6 nitrogen and oxygen atoms in total. The maximum atomic E-state index is 11.8. The molecular weight excluding hydrogens is 305 g/mol. The average Bonchev–Trinajstić information content (AvgIpc) is 2.34. The number of hydrogen-bond acceptors (Lipinski definition) is 4. The number of carbonyl (C=O) groups excluding carboxylic acids is 1. The molecule has 0 aliphatic carbocycles. The van der Waals surface area contributed by atoms with Gasteiger partial charge in [-0.15, -0.1) is 0 Å². The summed E-state index contributed by atoms with van der Waals surface area (Å²) < 4.78 is 5.35. The molecule has 1 aromatic carbocycles. The van der Waals surface area contributed by atoms with Crippen molar-refractivity contribution in [2.75, 3.05) is 5.32 Å². The van der Waals surface area contributed by atoms with Gasteiger partial charge in [0.1, 0.15) is 5.75 Å². The van der Waals surface area contributed by atoms with Gasteiger partial charge in [-0.2, -0.15) is 0 Å². The number of rotatable bonds is 3. The summed E-state index contributed by atoms with van der Waals surface area (Å²) in [4.78, 5) is 28.8. The van der Waals surface area contributed by atoms with E-state index < -0.39 is 5.56 Å². The summed E-state index contributed by atoms with van der Waals surface area (Å²) in [7, 11) is 0. The van der Waals surface area contributed by atoms with Crippen LogP contribution in [0.15, 0.2) is 29.2 Å². The lowest BCUT2D eigenvalue weighted by atomic mass is 10.3. The Morgan fingerprint density at radius 1 is 1.35 bits per heavy atom. The molecule has 20 heavy (non-hydrogen) atoms. The van der Waals surface area contributed by atoms with Gasteiger partial charge in [-0.05, 0) is 18.2 Å². The van der Waals surface area contributed by atoms with E-state index in [-0.39, 0.29) is 28.4 Å². The number of carbonyl (C=O) groups is 1. The van der Waals surface area contributed by atoms with E-state index in [9.17, 15) is 9.59 Å². The number of H-pyrrole nitrogens is 1. The molecule has 0 saturated carbocycles. The van der Waals surface area contributed by atoms with Gasteiger partial charge in [-0.25, -0.2) is 4.98 Å². The number of nitrogens with zero attached hydrogens (tertiary/aromatic N) is 1. The second-order valence-electron chi connectivity index (χ2n) is 3.78. The minimum atomic E-state index is -0.547. The van der Waals surface area contributed by atoms with Crippen LogP contribution in [-0.4, -0.2) is 15.9 Å². The number of nitrogens with one attached hydrogen (secondary N) is 2. The maximum Gasteiger partial charge on any atom is 0.295 e. The zero-order valence-electron chi connectivity index (χ0n) is 10.2. The van der Waals surface area contributed by atoms with Crippen molar-refractivity contribution in [2.45, 2.75) is 6.92 Å². The molecule has 0 saturated heterocycles. The average molecular weight is 314 g/mol. The molecule has 2 N–H and O–H groups in total. The second kappa shape index (κ2) is 5.94. The lowest BCUT2D eigenvalue weighted by Crippen LogP contribution is -2.16. The van der Waals surface area contributed by atoms with E-state index in [1.165, 1.54) is 25.3 Å². The Kier molecular flexibility index (Phi) is 4.26. The van der Waals surface area contributed by atoms with Gasteiger partial charge in [0, 0.05) is 11.9 Å². The zero-order chi connectivity index (χ0) is 14.7. The highest BCUT2D eigenvalue weighted by atomic mass is 35.5. The summed E-state index contributed by atoms with van der Waals surface area (Å²) in [6.45, 7) is 1.30. The number of benzene rings is 1. The smallest absolute Gasteiger partial charge is 0.295 e. The van der Waals surface area contributed by atoms with Crippen LogP contribution in [0.1, 0.15) is 6.92 Å². The number of ether oxygens (including phenoxy) is 1. The van der Waals surface area contributed by atoms with Crippen molar-refractivity contribution in [1.82, 2.24) is 9.97 Å². The molecule has 1 amide bonds. The van der Waals surface area contributed by atoms with Gasteiger partial charge in [0.2, 0.25) is 17.6 Å². The molecule has 1 aromatic heterocycles. The molecule has 0 atom stereocenters. The normalized spacial score (nSPS) is 10.2. The zero-order valence-corrected chi connectivity index (χ0v) is 11.7. The van der Waals surface area contributed by atoms with Crippen molar-refractivity contribution < 1.29 is 9.53 Å². The molecule has 2 rings (SSSR count). The van der Waals surface area contributed by atoms with Crippen LogP contribution >= 0.6 is 23.2 Å². The molecule has 0 fully saturated rings. The van der Waals surface area contributed by atoms with Crippen LogP contribution in [0.4, 0.5) is 5.95 Å². The summed E-state index contributed by atoms with van der Waals surface area (Å²) in [6.07, 6.45) is 1.19. The molecule has 0 aliphatic rings. The molecule has 0 radical (unpaired) electrons. The van der Waals surface area contributed by atoms with Crippen molar-refractivity contribution in [3.05, 3.63) is 44.8 Å². The number of halogens is 2. The molecular formula is C12H9Cl2N3O3. The Morgan fingerprint density at radius 3 is 2.70 bits per heavy atom. The molecule has 2 aromatic rings. The van der Waals surface area contributed by atoms with Crippen molar-refractivity contribution in [3.63, 3.8) is 0 Å². The monoisotopic (exact) mass is 313 g/mol. The van der Waals surface area contributed by atoms with Gasteiger partial charge in [-0.3, -0.25) is 19.9 Å². The van der Waals surface area contributed by atoms with Crippen LogP contribution in [-0.2, 0) is 4.79 Å². The van der Waals surface area contributed by atoms with Crippen LogP contribution in [0.25, 0.3) is 0 Å². The number of aromatic nitrogens is 2. The first kappa shape index (κ1) is 14.4. The van der Waals surface area contributed by atoms with Crippen LogP contribution < -0.4 is 15.6 Å². The van der Waals surface area contributed by atoms with E-state index in [0.717, 1.165) is 0 Å². The van der Waals surface area contributed by atoms with E-state index in [2.05, 4.69) is 15.3 Å². The van der Waals surface area contributed by atoms with Crippen molar-refractivity contribution >= 4 is 35.1 Å². The minimum Gasteiger partial charge on any atom is -0.448 e. The number of amides is 1. The highest BCUT2D eigenvalue weighted by molar-refractivity contribution is 6.35. The number of anilines is 1. The summed E-state index contributed by atoms with van der Waals surface area (Å²) in [5.41, 5.74) is -0.547. The fraction of sp³-hybridized carbons (Fsp3) is 0.0833. The quantitative estimate of drug-likeness (QED) is 0.912. The highest BCUT2D eigenvalue weighted by Crippen LogP contribution is 2.30.